The first-order valence-electron chi connectivity index (χ1n) is 12.3. The predicted octanol–water partition coefficient (Wildman–Crippen LogP) is 3.47. The van der Waals surface area contributed by atoms with Crippen molar-refractivity contribution in [3.63, 3.8) is 0 Å². The van der Waals surface area contributed by atoms with Crippen LogP contribution < -0.4 is 21.1 Å². The normalized spacial score (nSPS) is 17.5. The second-order valence-electron chi connectivity index (χ2n) is 10.4. The van der Waals surface area contributed by atoms with Crippen LogP contribution in [0.4, 0.5) is 5.82 Å². The molecule has 2 aromatic heterocycles. The number of fused-ring (bicyclic) bond motifs is 1. The molecule has 10 nitrogen and oxygen atoms in total. The average Bonchev–Trinajstić information content (AvgIpc) is 2.87. The minimum absolute atomic E-state index is 0.107. The predicted molar refractivity (Wildman–Crippen MR) is 145 cm³/mol. The molecule has 11 heteroatoms. The Bertz CT molecular complexity index is 1310. The molecule has 0 bridgehead atoms. The van der Waals surface area contributed by atoms with Crippen LogP contribution in [0, 0.1) is 11.3 Å². The number of piperidine rings is 1. The van der Waals surface area contributed by atoms with Crippen LogP contribution in [0.3, 0.4) is 0 Å². The van der Waals surface area contributed by atoms with E-state index >= 15 is 0 Å². The van der Waals surface area contributed by atoms with Crippen LogP contribution in [0.2, 0.25) is 19.6 Å². The van der Waals surface area contributed by atoms with E-state index in [1.165, 1.54) is 6.33 Å². The fourth-order valence-corrected chi connectivity index (χ4v) is 5.81. The van der Waals surface area contributed by atoms with Gasteiger partial charge in [0.2, 0.25) is 0 Å². The molecule has 4 rings (SSSR count). The number of amides is 1. The molecule has 194 valence electrons. The average molecular weight is 520 g/mol. The Morgan fingerprint density at radius 1 is 1.27 bits per heavy atom. The van der Waals surface area contributed by atoms with Gasteiger partial charge >= 0.3 is 0 Å². The highest BCUT2D eigenvalue weighted by molar-refractivity contribution is 6.69. The van der Waals surface area contributed by atoms with E-state index < -0.39 is 19.8 Å². The Labute approximate surface area is 217 Å². The summed E-state index contributed by atoms with van der Waals surface area (Å²) in [5, 5.41) is 16.4. The molecule has 1 unspecified atom stereocenters. The molecule has 3 aromatic rings. The van der Waals surface area contributed by atoms with E-state index in [0.717, 1.165) is 31.5 Å². The number of aromatic nitrogens is 3. The fraction of sp³-hybridized carbons (Fsp3) is 0.423. The molecular formula is C26H33N7O3Si. The molecule has 2 atom stereocenters. The molecule has 0 spiro atoms. The number of hydrogen-bond acceptors (Lipinski definition) is 9. The Hall–Kier alpha value is -3.59. The van der Waals surface area contributed by atoms with Crippen molar-refractivity contribution in [2.75, 3.05) is 25.0 Å². The molecular weight excluding hydrogens is 486 g/mol. The Kier molecular flexibility index (Phi) is 7.73. The standard InChI is InChI=1S/C26H33N7O3Si/c1-26(14-27,36-37(2,3)4)15-35-19-9-7-17(8-10-19)21-12-20(24(28)34)22-23(33-21)25(31-16-30-22)32-18-6-5-11-29-13-18/h7-10,12,16,18,29H,5-6,11,13,15H2,1-4H3,(H2,28,34)(H,30,31,32)/t18-,26?/m0/s1. The number of nitrogens with zero attached hydrogens (tertiary/aromatic N) is 4. The van der Waals surface area contributed by atoms with Crippen LogP contribution in [0.15, 0.2) is 36.7 Å². The van der Waals surface area contributed by atoms with Gasteiger partial charge in [0, 0.05) is 18.2 Å². The molecule has 1 amide bonds. The third-order valence-corrected chi connectivity index (χ3v) is 6.99. The number of carbonyl (C=O) groups is 1. The minimum atomic E-state index is -1.93. The van der Waals surface area contributed by atoms with Gasteiger partial charge in [-0.05, 0) is 76.3 Å². The molecule has 0 saturated carbocycles. The van der Waals surface area contributed by atoms with E-state index in [1.54, 1.807) is 25.1 Å². The summed E-state index contributed by atoms with van der Waals surface area (Å²) in [6.07, 6.45) is 3.50. The number of ether oxygens (including phenoxy) is 1. The summed E-state index contributed by atoms with van der Waals surface area (Å²) in [6, 6.07) is 11.4. The maximum absolute atomic E-state index is 12.3. The number of anilines is 1. The van der Waals surface area contributed by atoms with Crippen LogP contribution >= 0.6 is 0 Å². The van der Waals surface area contributed by atoms with Crippen LogP contribution in [0.25, 0.3) is 22.3 Å². The molecule has 0 aliphatic carbocycles. The van der Waals surface area contributed by atoms with Gasteiger partial charge < -0.3 is 25.5 Å². The Morgan fingerprint density at radius 2 is 2.03 bits per heavy atom. The second kappa shape index (κ2) is 10.8. The van der Waals surface area contributed by atoms with E-state index in [1.807, 2.05) is 31.8 Å². The highest BCUT2D eigenvalue weighted by Gasteiger charge is 2.32. The van der Waals surface area contributed by atoms with Crippen molar-refractivity contribution in [2.45, 2.75) is 51.0 Å². The zero-order valence-corrected chi connectivity index (χ0v) is 22.7. The van der Waals surface area contributed by atoms with Crippen LogP contribution in [-0.4, -0.2) is 60.5 Å². The number of carbonyl (C=O) groups excluding carboxylic acids is 1. The van der Waals surface area contributed by atoms with Crippen molar-refractivity contribution in [2.24, 2.45) is 5.73 Å². The lowest BCUT2D eigenvalue weighted by atomic mass is 10.1. The topological polar surface area (TPSA) is 148 Å². The monoisotopic (exact) mass is 519 g/mol. The van der Waals surface area contributed by atoms with E-state index in [9.17, 15) is 10.1 Å². The fourth-order valence-electron chi connectivity index (χ4n) is 4.35. The van der Waals surface area contributed by atoms with Gasteiger partial charge in [0.1, 0.15) is 29.7 Å². The third-order valence-electron chi connectivity index (χ3n) is 5.93. The SMILES string of the molecule is CC(C#N)(COc1ccc(-c2cc(C(N)=O)c3ncnc(N[C@H]4CCCNC4)c3n2)cc1)O[Si](C)(C)C. The molecule has 1 saturated heterocycles. The van der Waals surface area contributed by atoms with E-state index in [-0.39, 0.29) is 18.2 Å². The number of nitriles is 1. The second-order valence-corrected chi connectivity index (χ2v) is 14.8. The lowest BCUT2D eigenvalue weighted by Crippen LogP contribution is -2.43. The lowest BCUT2D eigenvalue weighted by molar-refractivity contribution is 0.0774. The smallest absolute Gasteiger partial charge is 0.251 e. The zero-order chi connectivity index (χ0) is 26.6. The Morgan fingerprint density at radius 3 is 2.65 bits per heavy atom. The molecule has 1 aliphatic heterocycles. The van der Waals surface area contributed by atoms with Crippen LogP contribution in [-0.2, 0) is 4.43 Å². The van der Waals surface area contributed by atoms with Crippen molar-refractivity contribution in [1.29, 1.82) is 5.26 Å². The highest BCUT2D eigenvalue weighted by Crippen LogP contribution is 2.29. The first-order chi connectivity index (χ1) is 17.6. The van der Waals surface area contributed by atoms with Crippen molar-refractivity contribution in [1.82, 2.24) is 20.3 Å². The molecule has 4 N–H and O–H groups in total. The Balaban J connectivity index is 1.61. The molecule has 37 heavy (non-hydrogen) atoms. The number of hydrogen-bond donors (Lipinski definition) is 3. The van der Waals surface area contributed by atoms with Crippen molar-refractivity contribution in [3.8, 4) is 23.1 Å². The van der Waals surface area contributed by atoms with Gasteiger partial charge in [-0.2, -0.15) is 5.26 Å². The molecule has 3 heterocycles. The van der Waals surface area contributed by atoms with E-state index in [2.05, 4.69) is 26.7 Å². The number of nitrogens with two attached hydrogens (primary N) is 1. The molecule has 1 fully saturated rings. The largest absolute Gasteiger partial charge is 0.489 e. The summed E-state index contributed by atoms with van der Waals surface area (Å²) in [7, 11) is -1.93. The highest BCUT2D eigenvalue weighted by atomic mass is 28.4. The molecule has 1 aliphatic rings. The van der Waals surface area contributed by atoms with Gasteiger partial charge in [0.15, 0.2) is 19.7 Å². The van der Waals surface area contributed by atoms with Gasteiger partial charge in [0.25, 0.3) is 5.91 Å². The third kappa shape index (κ3) is 6.59. The number of nitrogens with one attached hydrogen (secondary N) is 2. The van der Waals surface area contributed by atoms with Gasteiger partial charge in [-0.15, -0.1) is 0 Å². The number of benzene rings is 1. The minimum Gasteiger partial charge on any atom is -0.489 e. The van der Waals surface area contributed by atoms with Crippen molar-refractivity contribution >= 4 is 31.1 Å². The summed E-state index contributed by atoms with van der Waals surface area (Å²) in [5.74, 6) is 0.577. The molecule has 0 radical (unpaired) electrons. The van der Waals surface area contributed by atoms with Gasteiger partial charge in [-0.25, -0.2) is 15.0 Å². The quantitative estimate of drug-likeness (QED) is 0.361. The number of rotatable bonds is 9. The maximum Gasteiger partial charge on any atom is 0.251 e. The summed E-state index contributed by atoms with van der Waals surface area (Å²) in [4.78, 5) is 25.8. The van der Waals surface area contributed by atoms with Crippen LogP contribution in [0.5, 0.6) is 5.75 Å². The molecule has 1 aromatic carbocycles. The lowest BCUT2D eigenvalue weighted by Gasteiger charge is -2.30. The zero-order valence-electron chi connectivity index (χ0n) is 21.7. The van der Waals surface area contributed by atoms with Crippen molar-refractivity contribution < 1.29 is 14.0 Å². The summed E-state index contributed by atoms with van der Waals surface area (Å²) in [5.41, 5.74) is 7.20. The van der Waals surface area contributed by atoms with Gasteiger partial charge in [-0.3, -0.25) is 4.79 Å². The maximum atomic E-state index is 12.3. The number of pyridine rings is 1. The van der Waals surface area contributed by atoms with E-state index in [0.29, 0.717) is 28.3 Å². The number of primary amides is 1. The first kappa shape index (κ1) is 26.5. The van der Waals surface area contributed by atoms with Crippen LogP contribution in [0.1, 0.15) is 30.1 Å². The first-order valence-corrected chi connectivity index (χ1v) is 15.8. The summed E-state index contributed by atoms with van der Waals surface area (Å²) < 4.78 is 11.9. The van der Waals surface area contributed by atoms with Gasteiger partial charge in [0.05, 0.1) is 17.3 Å². The summed E-state index contributed by atoms with van der Waals surface area (Å²) in [6.45, 7) is 9.77. The van der Waals surface area contributed by atoms with Gasteiger partial charge in [-0.1, -0.05) is 0 Å². The van der Waals surface area contributed by atoms with Crippen molar-refractivity contribution in [3.05, 3.63) is 42.2 Å². The summed E-state index contributed by atoms with van der Waals surface area (Å²) >= 11 is 0. The van der Waals surface area contributed by atoms with E-state index in [4.69, 9.17) is 19.9 Å².